The van der Waals surface area contributed by atoms with Crippen LogP contribution in [-0.2, 0) is 29.6 Å². The third-order valence-corrected chi connectivity index (χ3v) is 7.58. The number of hydrogen-bond donors (Lipinski definition) is 1. The Morgan fingerprint density at radius 3 is 2.44 bits per heavy atom. The van der Waals surface area contributed by atoms with Crippen molar-refractivity contribution in [1.82, 2.24) is 4.72 Å². The number of rotatable bonds is 8. The van der Waals surface area contributed by atoms with Gasteiger partial charge in [-0.3, -0.25) is 4.79 Å². The van der Waals surface area contributed by atoms with Crippen molar-refractivity contribution in [2.24, 2.45) is 5.41 Å². The van der Waals surface area contributed by atoms with Crippen LogP contribution in [0, 0.1) is 5.41 Å². The Labute approximate surface area is 159 Å². The van der Waals surface area contributed by atoms with Crippen LogP contribution in [-0.4, -0.2) is 55.9 Å². The van der Waals surface area contributed by atoms with E-state index in [1.54, 1.807) is 0 Å². The van der Waals surface area contributed by atoms with Crippen molar-refractivity contribution in [2.75, 3.05) is 37.4 Å². The zero-order valence-electron chi connectivity index (χ0n) is 15.7. The summed E-state index contributed by atoms with van der Waals surface area (Å²) in [6.07, 6.45) is 0.463. The average molecular weight is 421 g/mol. The standard InChI is InChI=1S/C16H24N2O7S2/c1-16(2)11-26(20,21)18(15(16)19)12-6-7-13(25-4)14(10-12)27(22,23)17-8-5-9-24-3/h6-7,10,17H,5,8-9,11H2,1-4H3. The summed E-state index contributed by atoms with van der Waals surface area (Å²) >= 11 is 0. The number of nitrogens with one attached hydrogen (secondary N) is 1. The summed E-state index contributed by atoms with van der Waals surface area (Å²) < 4.78 is 63.2. The molecule has 1 heterocycles. The Kier molecular flexibility index (Phi) is 6.19. The van der Waals surface area contributed by atoms with Crippen LogP contribution in [0.1, 0.15) is 20.3 Å². The second-order valence-electron chi connectivity index (χ2n) is 6.79. The molecule has 0 atom stereocenters. The number of amides is 1. The number of hydrogen-bond acceptors (Lipinski definition) is 7. The van der Waals surface area contributed by atoms with Crippen molar-refractivity contribution >= 4 is 31.6 Å². The van der Waals surface area contributed by atoms with Crippen molar-refractivity contribution in [3.8, 4) is 5.75 Å². The van der Waals surface area contributed by atoms with Gasteiger partial charge >= 0.3 is 0 Å². The predicted molar refractivity (Wildman–Crippen MR) is 99.7 cm³/mol. The van der Waals surface area contributed by atoms with E-state index in [1.165, 1.54) is 40.2 Å². The molecule has 27 heavy (non-hydrogen) atoms. The Morgan fingerprint density at radius 2 is 1.93 bits per heavy atom. The van der Waals surface area contributed by atoms with Crippen molar-refractivity contribution < 1.29 is 31.1 Å². The maximum atomic E-state index is 12.6. The SMILES string of the molecule is COCCCNS(=O)(=O)c1cc(N2C(=O)C(C)(C)CS2(=O)=O)ccc1OC. The molecule has 0 saturated carbocycles. The number of nitrogens with zero attached hydrogens (tertiary/aromatic N) is 1. The van der Waals surface area contributed by atoms with Crippen LogP contribution in [0.4, 0.5) is 5.69 Å². The molecule has 1 N–H and O–H groups in total. The first-order valence-electron chi connectivity index (χ1n) is 8.20. The lowest BCUT2D eigenvalue weighted by Gasteiger charge is -2.19. The zero-order valence-corrected chi connectivity index (χ0v) is 17.3. The fraction of sp³-hybridized carbons (Fsp3) is 0.562. The molecule has 1 aliphatic heterocycles. The van der Waals surface area contributed by atoms with Gasteiger partial charge < -0.3 is 9.47 Å². The Morgan fingerprint density at radius 1 is 1.26 bits per heavy atom. The van der Waals surface area contributed by atoms with Gasteiger partial charge in [0.2, 0.25) is 26.0 Å². The maximum Gasteiger partial charge on any atom is 0.247 e. The highest BCUT2D eigenvalue weighted by Gasteiger charge is 2.50. The lowest BCUT2D eigenvalue weighted by Crippen LogP contribution is -2.33. The summed E-state index contributed by atoms with van der Waals surface area (Å²) in [5.41, 5.74) is -1.13. The van der Waals surface area contributed by atoms with Gasteiger partial charge in [0.15, 0.2) is 0 Å². The largest absolute Gasteiger partial charge is 0.495 e. The molecule has 0 aromatic heterocycles. The van der Waals surface area contributed by atoms with Crippen LogP contribution in [0.15, 0.2) is 23.1 Å². The normalized spacial score (nSPS) is 18.7. The lowest BCUT2D eigenvalue weighted by molar-refractivity contribution is -0.123. The molecular formula is C16H24N2O7S2. The quantitative estimate of drug-likeness (QED) is 0.615. The van der Waals surface area contributed by atoms with E-state index < -0.39 is 31.4 Å². The van der Waals surface area contributed by atoms with Crippen LogP contribution in [0.25, 0.3) is 0 Å². The van der Waals surface area contributed by atoms with E-state index in [4.69, 9.17) is 9.47 Å². The molecule has 0 aliphatic carbocycles. The third-order valence-electron chi connectivity index (χ3n) is 4.07. The van der Waals surface area contributed by atoms with Crippen LogP contribution in [0.2, 0.25) is 0 Å². The number of methoxy groups -OCH3 is 2. The fourth-order valence-corrected chi connectivity index (χ4v) is 6.12. The molecule has 2 rings (SSSR count). The monoisotopic (exact) mass is 420 g/mol. The molecule has 1 aromatic carbocycles. The third kappa shape index (κ3) is 4.42. The molecule has 0 unspecified atom stereocenters. The lowest BCUT2D eigenvalue weighted by atomic mass is 9.95. The Hall–Kier alpha value is -1.69. The van der Waals surface area contributed by atoms with Gasteiger partial charge in [-0.1, -0.05) is 0 Å². The van der Waals surface area contributed by atoms with Crippen LogP contribution in [0.3, 0.4) is 0 Å². The summed E-state index contributed by atoms with van der Waals surface area (Å²) in [4.78, 5) is 12.3. The minimum absolute atomic E-state index is 0.0383. The van der Waals surface area contributed by atoms with Crippen LogP contribution < -0.4 is 13.8 Å². The summed E-state index contributed by atoms with van der Waals surface area (Å²) in [5, 5.41) is 0. The van der Waals surface area contributed by atoms with E-state index in [2.05, 4.69) is 4.72 Å². The highest BCUT2D eigenvalue weighted by molar-refractivity contribution is 7.94. The molecule has 11 heteroatoms. The smallest absolute Gasteiger partial charge is 0.247 e. The van der Waals surface area contributed by atoms with Gasteiger partial charge in [-0.25, -0.2) is 25.9 Å². The van der Waals surface area contributed by atoms with Gasteiger partial charge in [-0.15, -0.1) is 0 Å². The first-order chi connectivity index (χ1) is 12.5. The highest BCUT2D eigenvalue weighted by atomic mass is 32.2. The molecule has 0 radical (unpaired) electrons. The van der Waals surface area contributed by atoms with E-state index in [1.807, 2.05) is 0 Å². The molecule has 9 nitrogen and oxygen atoms in total. The van der Waals surface area contributed by atoms with Crippen molar-refractivity contribution in [1.29, 1.82) is 0 Å². The van der Waals surface area contributed by atoms with Crippen LogP contribution >= 0.6 is 0 Å². The van der Waals surface area contributed by atoms with E-state index in [9.17, 15) is 21.6 Å². The minimum atomic E-state index is -3.98. The van der Waals surface area contributed by atoms with Gasteiger partial charge in [0.1, 0.15) is 10.6 Å². The second kappa shape index (κ2) is 7.74. The molecule has 1 amide bonds. The number of benzene rings is 1. The zero-order chi connectivity index (χ0) is 20.5. The molecule has 1 aromatic rings. The van der Waals surface area contributed by atoms with Gasteiger partial charge in [0.25, 0.3) is 0 Å². The van der Waals surface area contributed by atoms with E-state index >= 15 is 0 Å². The molecule has 0 spiro atoms. The number of carbonyl (C=O) groups is 1. The number of sulfonamides is 2. The van der Waals surface area contributed by atoms with Gasteiger partial charge in [0.05, 0.1) is 24.0 Å². The first-order valence-corrected chi connectivity index (χ1v) is 11.3. The Balaban J connectivity index is 2.45. The molecule has 152 valence electrons. The summed E-state index contributed by atoms with van der Waals surface area (Å²) in [7, 11) is -5.06. The number of ether oxygens (including phenoxy) is 2. The topological polar surface area (TPSA) is 119 Å². The fourth-order valence-electron chi connectivity index (χ4n) is 2.76. The molecule has 1 fully saturated rings. The number of anilines is 1. The second-order valence-corrected chi connectivity index (χ2v) is 10.3. The van der Waals surface area contributed by atoms with Gasteiger partial charge in [-0.2, -0.15) is 0 Å². The molecular weight excluding hydrogens is 396 g/mol. The highest BCUT2D eigenvalue weighted by Crippen LogP contribution is 2.38. The number of carbonyl (C=O) groups excluding carboxylic acids is 1. The van der Waals surface area contributed by atoms with E-state index in [-0.39, 0.29) is 28.6 Å². The van der Waals surface area contributed by atoms with Crippen LogP contribution in [0.5, 0.6) is 5.75 Å². The average Bonchev–Trinajstić information content (AvgIpc) is 2.74. The van der Waals surface area contributed by atoms with Gasteiger partial charge in [-0.05, 0) is 38.5 Å². The van der Waals surface area contributed by atoms with Gasteiger partial charge in [0, 0.05) is 20.3 Å². The first kappa shape index (κ1) is 21.6. The summed E-state index contributed by atoms with van der Waals surface area (Å²) in [6, 6.07) is 3.81. The van der Waals surface area contributed by atoms with Crippen molar-refractivity contribution in [3.63, 3.8) is 0 Å². The molecule has 0 bridgehead atoms. The summed E-state index contributed by atoms with van der Waals surface area (Å²) in [5.74, 6) is -0.910. The van der Waals surface area contributed by atoms with E-state index in [0.29, 0.717) is 17.3 Å². The maximum absolute atomic E-state index is 12.6. The van der Waals surface area contributed by atoms with Crippen molar-refractivity contribution in [2.45, 2.75) is 25.2 Å². The predicted octanol–water partition coefficient (Wildman–Crippen LogP) is 0.713. The molecule has 1 saturated heterocycles. The van der Waals surface area contributed by atoms with E-state index in [0.717, 1.165) is 6.07 Å². The molecule has 1 aliphatic rings. The Bertz CT molecular complexity index is 924. The van der Waals surface area contributed by atoms with Crippen molar-refractivity contribution in [3.05, 3.63) is 18.2 Å². The minimum Gasteiger partial charge on any atom is -0.495 e. The summed E-state index contributed by atoms with van der Waals surface area (Å²) in [6.45, 7) is 3.59.